The second-order valence-electron chi connectivity index (χ2n) is 19.8. The van der Waals surface area contributed by atoms with E-state index >= 15 is 0 Å². The lowest BCUT2D eigenvalue weighted by Gasteiger charge is -2.28. The van der Waals surface area contributed by atoms with Gasteiger partial charge >= 0.3 is 6.09 Å². The molecule has 64 heavy (non-hydrogen) atoms. The summed E-state index contributed by atoms with van der Waals surface area (Å²) in [5.41, 5.74) is 11.6. The van der Waals surface area contributed by atoms with Crippen molar-refractivity contribution in [2.45, 2.75) is 117 Å². The van der Waals surface area contributed by atoms with Gasteiger partial charge in [0.1, 0.15) is 12.1 Å². The molecule has 1 amide bonds. The second-order valence-corrected chi connectivity index (χ2v) is 21.6. The summed E-state index contributed by atoms with van der Waals surface area (Å²) in [4.78, 5) is 18.6. The molecule has 2 heterocycles. The van der Waals surface area contributed by atoms with E-state index in [2.05, 4.69) is 192 Å². The van der Waals surface area contributed by atoms with E-state index in [1.165, 1.54) is 68.3 Å². The van der Waals surface area contributed by atoms with Gasteiger partial charge in [-0.3, -0.25) is 4.90 Å². The highest BCUT2D eigenvalue weighted by Crippen LogP contribution is 2.52. The SMILES string of the molecule is CCCCCN1/C(=C/C=C2C(N(C)C(=O)OC(C)(C)C)=C(/C=C/C3=[N+](CCCCC)c4ccc5cc(Br)ccc5c4C3(C)C)c3ccccc3/2)C(C)(C)c2c1ccc1cc(Br)ccc21. The van der Waals surface area contributed by atoms with Crippen LogP contribution in [0.3, 0.4) is 0 Å². The third-order valence-electron chi connectivity index (χ3n) is 13.4. The molecule has 0 bridgehead atoms. The number of carbonyl (C=O) groups is 1. The first kappa shape index (κ1) is 45.8. The van der Waals surface area contributed by atoms with E-state index in [0.29, 0.717) is 0 Å². The number of amides is 1. The fourth-order valence-electron chi connectivity index (χ4n) is 10.4. The summed E-state index contributed by atoms with van der Waals surface area (Å²) in [6, 6.07) is 31.1. The molecule has 8 rings (SSSR count). The number of rotatable bonds is 12. The van der Waals surface area contributed by atoms with E-state index in [0.717, 1.165) is 75.7 Å². The van der Waals surface area contributed by atoms with E-state index in [1.54, 1.807) is 4.90 Å². The summed E-state index contributed by atoms with van der Waals surface area (Å²) in [5, 5.41) is 5.03. The Balaban J connectivity index is 1.32. The first-order chi connectivity index (χ1) is 30.5. The molecule has 0 radical (unpaired) electrons. The van der Waals surface area contributed by atoms with Gasteiger partial charge in [0.2, 0.25) is 5.69 Å². The van der Waals surface area contributed by atoms with Gasteiger partial charge in [0.15, 0.2) is 5.71 Å². The van der Waals surface area contributed by atoms with Crippen molar-refractivity contribution in [3.8, 4) is 0 Å². The molecule has 2 aliphatic heterocycles. The monoisotopic (exact) mass is 980 g/mol. The number of ether oxygens (including phenoxy) is 1. The Morgan fingerprint density at radius 1 is 0.750 bits per heavy atom. The number of anilines is 1. The van der Waals surface area contributed by atoms with E-state index < -0.39 is 5.60 Å². The van der Waals surface area contributed by atoms with Crippen molar-refractivity contribution < 1.29 is 14.1 Å². The molecule has 0 N–H and O–H groups in total. The molecule has 332 valence electrons. The first-order valence-corrected chi connectivity index (χ1v) is 24.9. The first-order valence-electron chi connectivity index (χ1n) is 23.3. The number of likely N-dealkylation sites (N-methyl/N-ethyl adjacent to an activating group) is 1. The molecule has 0 saturated heterocycles. The zero-order valence-corrected chi connectivity index (χ0v) is 42.6. The summed E-state index contributed by atoms with van der Waals surface area (Å²) in [6.07, 6.45) is 15.7. The third kappa shape index (κ3) is 8.36. The number of benzene rings is 5. The van der Waals surface area contributed by atoms with Crippen LogP contribution in [0.1, 0.15) is 123 Å². The minimum absolute atomic E-state index is 0.283. The smallest absolute Gasteiger partial charge is 0.414 e. The number of carbonyl (C=O) groups excluding carboxylic acids is 1. The van der Waals surface area contributed by atoms with Crippen LogP contribution in [0.2, 0.25) is 0 Å². The molecule has 0 saturated carbocycles. The Morgan fingerprint density at radius 2 is 1.38 bits per heavy atom. The van der Waals surface area contributed by atoms with Crippen LogP contribution < -0.4 is 4.90 Å². The van der Waals surface area contributed by atoms with Crippen molar-refractivity contribution in [1.29, 1.82) is 0 Å². The maximum atomic E-state index is 14.3. The van der Waals surface area contributed by atoms with Crippen LogP contribution in [-0.2, 0) is 15.6 Å². The summed E-state index contributed by atoms with van der Waals surface area (Å²) in [7, 11) is 1.87. The van der Waals surface area contributed by atoms with E-state index in [1.807, 2.05) is 27.8 Å². The molecule has 5 aromatic rings. The minimum atomic E-state index is -0.664. The summed E-state index contributed by atoms with van der Waals surface area (Å²) < 4.78 is 10.8. The van der Waals surface area contributed by atoms with Crippen molar-refractivity contribution in [1.82, 2.24) is 4.90 Å². The van der Waals surface area contributed by atoms with Gasteiger partial charge in [-0.1, -0.05) is 127 Å². The van der Waals surface area contributed by atoms with Gasteiger partial charge in [0.05, 0.1) is 11.1 Å². The number of hydrogen-bond acceptors (Lipinski definition) is 3. The maximum absolute atomic E-state index is 14.3. The molecule has 5 aromatic carbocycles. The molecule has 7 heteroatoms. The molecule has 3 aliphatic rings. The largest absolute Gasteiger partial charge is 0.443 e. The maximum Gasteiger partial charge on any atom is 0.414 e. The zero-order valence-electron chi connectivity index (χ0n) is 39.5. The fraction of sp³-hybridized carbons (Fsp3) is 0.368. The lowest BCUT2D eigenvalue weighted by atomic mass is 9.79. The van der Waals surface area contributed by atoms with E-state index in [4.69, 9.17) is 4.74 Å². The number of allylic oxidation sites excluding steroid dienone is 7. The highest BCUT2D eigenvalue weighted by atomic mass is 79.9. The highest BCUT2D eigenvalue weighted by molar-refractivity contribution is 9.10. The van der Waals surface area contributed by atoms with Crippen molar-refractivity contribution in [2.75, 3.05) is 25.0 Å². The van der Waals surface area contributed by atoms with E-state index in [-0.39, 0.29) is 16.9 Å². The lowest BCUT2D eigenvalue weighted by molar-refractivity contribution is -0.438. The quantitative estimate of drug-likeness (QED) is 0.0923. The summed E-state index contributed by atoms with van der Waals surface area (Å²) in [5.74, 6) is 0. The lowest BCUT2D eigenvalue weighted by Crippen LogP contribution is -2.34. The van der Waals surface area contributed by atoms with Crippen molar-refractivity contribution >= 4 is 87.7 Å². The molecule has 0 fully saturated rings. The van der Waals surface area contributed by atoms with Crippen LogP contribution in [0.15, 0.2) is 130 Å². The fourth-order valence-corrected chi connectivity index (χ4v) is 11.2. The van der Waals surface area contributed by atoms with Crippen LogP contribution in [0.25, 0.3) is 32.7 Å². The number of halogens is 2. The minimum Gasteiger partial charge on any atom is -0.443 e. The zero-order chi connectivity index (χ0) is 45.7. The number of unbranched alkanes of at least 4 members (excludes halogenated alkanes) is 4. The topological polar surface area (TPSA) is 35.8 Å². The van der Waals surface area contributed by atoms with Gasteiger partial charge in [0, 0.05) is 74.6 Å². The van der Waals surface area contributed by atoms with Crippen molar-refractivity contribution in [3.63, 3.8) is 0 Å². The average molecular weight is 983 g/mol. The van der Waals surface area contributed by atoms with Gasteiger partial charge in [-0.25, -0.2) is 4.79 Å². The van der Waals surface area contributed by atoms with Crippen LogP contribution in [0, 0.1) is 0 Å². The standard InChI is InChI=1S/C57H64Br2N3O2/c1-11-13-17-33-61-47-29-21-37-35-39(58)23-25-41(37)51(47)56(6,7)49(61)31-27-45-43-19-15-16-20-44(43)46(53(45)60(10)54(63)64-55(3,4)5)28-32-50-57(8,9)52-42-26-24-40(59)36-38(42)22-30-48(52)62(50)34-18-14-12-2/h15-16,19-32,35-36H,11-14,17-18,33-34H2,1-10H3/q+1. The predicted molar refractivity (Wildman–Crippen MR) is 278 cm³/mol. The normalized spacial score (nSPS) is 17.7. The van der Waals surface area contributed by atoms with Gasteiger partial charge in [-0.2, -0.15) is 4.58 Å². The summed E-state index contributed by atoms with van der Waals surface area (Å²) >= 11 is 7.44. The second kappa shape index (κ2) is 17.9. The molecule has 0 atom stereocenters. The average Bonchev–Trinajstić information content (AvgIpc) is 3.76. The molecule has 0 aromatic heterocycles. The van der Waals surface area contributed by atoms with Gasteiger partial charge in [0.25, 0.3) is 0 Å². The molecule has 0 unspecified atom stereocenters. The third-order valence-corrected chi connectivity index (χ3v) is 14.4. The van der Waals surface area contributed by atoms with Crippen LogP contribution in [-0.4, -0.2) is 47.0 Å². The van der Waals surface area contributed by atoms with Gasteiger partial charge < -0.3 is 9.64 Å². The highest BCUT2D eigenvalue weighted by Gasteiger charge is 2.46. The Morgan fingerprint density at radius 3 is 2.03 bits per heavy atom. The molecule has 0 spiro atoms. The Kier molecular flexibility index (Phi) is 12.8. The molecule has 5 nitrogen and oxygen atoms in total. The van der Waals surface area contributed by atoms with Crippen molar-refractivity contribution in [2.24, 2.45) is 0 Å². The van der Waals surface area contributed by atoms with Crippen LogP contribution >= 0.6 is 31.9 Å². The molecular weight excluding hydrogens is 918 g/mol. The molecule has 1 aliphatic carbocycles. The number of hydrogen-bond donors (Lipinski definition) is 0. The molecular formula is C57H64Br2N3O2+. The van der Waals surface area contributed by atoms with E-state index in [9.17, 15) is 4.79 Å². The summed E-state index contributed by atoms with van der Waals surface area (Å²) in [6.45, 7) is 21.7. The number of fused-ring (bicyclic) bond motifs is 7. The predicted octanol–water partition coefficient (Wildman–Crippen LogP) is 16.2. The number of nitrogens with zero attached hydrogens (tertiary/aromatic N) is 3. The van der Waals surface area contributed by atoms with Crippen LogP contribution in [0.5, 0.6) is 0 Å². The van der Waals surface area contributed by atoms with Gasteiger partial charge in [-0.05, 0) is 134 Å². The Hall–Kier alpha value is -4.72. The Labute approximate surface area is 398 Å². The Bertz CT molecular complexity index is 2830. The van der Waals surface area contributed by atoms with Crippen molar-refractivity contribution in [3.05, 3.63) is 152 Å². The van der Waals surface area contributed by atoms with Gasteiger partial charge in [-0.15, -0.1) is 0 Å². The van der Waals surface area contributed by atoms with Crippen LogP contribution in [0.4, 0.5) is 16.2 Å².